The Morgan fingerprint density at radius 1 is 0.833 bits per heavy atom. The Morgan fingerprint density at radius 3 is 1.83 bits per heavy atom. The van der Waals surface area contributed by atoms with Gasteiger partial charge in [-0.15, -0.1) is 0 Å². The van der Waals surface area contributed by atoms with Crippen LogP contribution in [-0.2, 0) is 21.4 Å². The molecule has 3 aromatic rings. The van der Waals surface area contributed by atoms with Crippen molar-refractivity contribution in [3.05, 3.63) is 83.9 Å². The second kappa shape index (κ2) is 11.5. The lowest BCUT2D eigenvalue weighted by atomic mass is 10.0. The molecule has 36 heavy (non-hydrogen) atoms. The number of benzene rings is 3. The van der Waals surface area contributed by atoms with Crippen LogP contribution >= 0.6 is 0 Å². The molecule has 8 heteroatoms. The molecule has 0 amide bonds. The van der Waals surface area contributed by atoms with E-state index in [0.29, 0.717) is 17.9 Å². The number of hydrogen-bond donors (Lipinski definition) is 1. The predicted molar refractivity (Wildman–Crippen MR) is 136 cm³/mol. The topological polar surface area (TPSA) is 113 Å². The molecule has 7 nitrogen and oxygen atoms in total. The van der Waals surface area contributed by atoms with E-state index in [4.69, 9.17) is 4.74 Å². The Balaban J connectivity index is 1.63. The van der Waals surface area contributed by atoms with E-state index < -0.39 is 28.0 Å². The van der Waals surface area contributed by atoms with Gasteiger partial charge in [-0.05, 0) is 59.0 Å². The van der Waals surface area contributed by atoms with Gasteiger partial charge in [0.2, 0.25) is 10.0 Å². The van der Waals surface area contributed by atoms with Crippen LogP contribution in [0.15, 0.2) is 77.7 Å². The van der Waals surface area contributed by atoms with Gasteiger partial charge >= 0.3 is 0 Å². The highest BCUT2D eigenvalue weighted by molar-refractivity contribution is 7.89. The molecule has 0 unspecified atom stereocenters. The van der Waals surface area contributed by atoms with E-state index in [9.17, 15) is 23.1 Å². The van der Waals surface area contributed by atoms with E-state index in [2.05, 4.69) is 4.72 Å². The number of ether oxygens (including phenoxy) is 1. The quantitative estimate of drug-likeness (QED) is 0.394. The van der Waals surface area contributed by atoms with Crippen molar-refractivity contribution >= 4 is 21.8 Å². The molecule has 0 saturated carbocycles. The number of rotatable bonds is 11. The summed E-state index contributed by atoms with van der Waals surface area (Å²) in [6, 6.07) is 19.7. The monoisotopic (exact) mass is 508 g/mol. The molecule has 1 atom stereocenters. The third-order valence-corrected chi connectivity index (χ3v) is 7.18. The SMILES string of the molecule is CC(C)C(=O)c1ccc(OCc2ccc(-c3ccc(S(=O)(=O)N[C@@H](C(=O)[O-])C(C)C)cc3)cc2)cc1. The number of carbonyl (C=O) groups is 2. The van der Waals surface area contributed by atoms with E-state index in [-0.39, 0.29) is 16.6 Å². The fourth-order valence-corrected chi connectivity index (χ4v) is 4.86. The predicted octanol–water partition coefficient (Wildman–Crippen LogP) is 3.82. The van der Waals surface area contributed by atoms with Gasteiger partial charge in [-0.2, -0.15) is 0 Å². The number of ketones is 1. The summed E-state index contributed by atoms with van der Waals surface area (Å²) in [6.45, 7) is 7.30. The van der Waals surface area contributed by atoms with Gasteiger partial charge in [0.05, 0.1) is 16.9 Å². The maximum absolute atomic E-state index is 12.6. The summed E-state index contributed by atoms with van der Waals surface area (Å²) in [7, 11) is -4.01. The van der Waals surface area contributed by atoms with Crippen molar-refractivity contribution in [1.29, 1.82) is 0 Å². The molecule has 1 N–H and O–H groups in total. The maximum Gasteiger partial charge on any atom is 0.241 e. The molecule has 0 aliphatic heterocycles. The number of aliphatic carboxylic acids is 1. The zero-order valence-electron chi connectivity index (χ0n) is 20.7. The van der Waals surface area contributed by atoms with Gasteiger partial charge in [0, 0.05) is 11.5 Å². The summed E-state index contributed by atoms with van der Waals surface area (Å²) in [5.41, 5.74) is 3.32. The first-order valence-electron chi connectivity index (χ1n) is 11.7. The lowest BCUT2D eigenvalue weighted by Crippen LogP contribution is -2.50. The lowest BCUT2D eigenvalue weighted by molar-refractivity contribution is -0.309. The average Bonchev–Trinajstić information content (AvgIpc) is 2.86. The number of hydrogen-bond acceptors (Lipinski definition) is 6. The molecule has 0 radical (unpaired) electrons. The number of carbonyl (C=O) groups excluding carboxylic acids is 2. The molecule has 0 aromatic heterocycles. The number of carboxylic acids is 1. The summed E-state index contributed by atoms with van der Waals surface area (Å²) in [5.74, 6) is -1.22. The van der Waals surface area contributed by atoms with E-state index >= 15 is 0 Å². The number of sulfonamides is 1. The molecule has 190 valence electrons. The normalized spacial score (nSPS) is 12.5. The molecule has 0 spiro atoms. The molecule has 0 fully saturated rings. The van der Waals surface area contributed by atoms with Crippen molar-refractivity contribution in [2.24, 2.45) is 11.8 Å². The van der Waals surface area contributed by atoms with E-state index in [1.807, 2.05) is 38.1 Å². The lowest BCUT2D eigenvalue weighted by Gasteiger charge is -2.23. The van der Waals surface area contributed by atoms with Gasteiger partial charge in [0.25, 0.3) is 0 Å². The Morgan fingerprint density at radius 2 is 1.36 bits per heavy atom. The van der Waals surface area contributed by atoms with Crippen LogP contribution in [0, 0.1) is 11.8 Å². The van der Waals surface area contributed by atoms with Crippen LogP contribution in [0.25, 0.3) is 11.1 Å². The van der Waals surface area contributed by atoms with Crippen molar-refractivity contribution in [2.45, 2.75) is 45.2 Å². The molecule has 0 heterocycles. The van der Waals surface area contributed by atoms with Crippen molar-refractivity contribution in [3.8, 4) is 16.9 Å². The van der Waals surface area contributed by atoms with Gasteiger partial charge in [0.1, 0.15) is 12.4 Å². The maximum atomic E-state index is 12.6. The smallest absolute Gasteiger partial charge is 0.241 e. The molecular formula is C28H30NO6S-. The molecule has 3 rings (SSSR count). The average molecular weight is 509 g/mol. The van der Waals surface area contributed by atoms with Gasteiger partial charge in [-0.25, -0.2) is 13.1 Å². The fraction of sp³-hybridized carbons (Fsp3) is 0.286. The van der Waals surface area contributed by atoms with E-state index in [1.165, 1.54) is 12.1 Å². The van der Waals surface area contributed by atoms with Crippen molar-refractivity contribution in [2.75, 3.05) is 0 Å². The second-order valence-electron chi connectivity index (χ2n) is 9.22. The molecule has 3 aromatic carbocycles. The van der Waals surface area contributed by atoms with Gasteiger partial charge in [-0.1, -0.05) is 64.1 Å². The summed E-state index contributed by atoms with van der Waals surface area (Å²) in [6.07, 6.45) is 0. The van der Waals surface area contributed by atoms with Gasteiger partial charge in [-0.3, -0.25) is 4.79 Å². The molecule has 0 aliphatic rings. The molecular weight excluding hydrogens is 478 g/mol. The largest absolute Gasteiger partial charge is 0.548 e. The van der Waals surface area contributed by atoms with Crippen LogP contribution in [0.2, 0.25) is 0 Å². The second-order valence-corrected chi connectivity index (χ2v) is 10.9. The van der Waals surface area contributed by atoms with Crippen molar-refractivity contribution < 1.29 is 27.9 Å². The van der Waals surface area contributed by atoms with Crippen LogP contribution in [-0.4, -0.2) is 26.2 Å². The van der Waals surface area contributed by atoms with Gasteiger partial charge < -0.3 is 14.6 Å². The minimum Gasteiger partial charge on any atom is -0.548 e. The Hall–Kier alpha value is -3.49. The van der Waals surface area contributed by atoms with Gasteiger partial charge in [0.15, 0.2) is 5.78 Å². The van der Waals surface area contributed by atoms with Crippen molar-refractivity contribution in [1.82, 2.24) is 4.72 Å². The van der Waals surface area contributed by atoms with Crippen molar-refractivity contribution in [3.63, 3.8) is 0 Å². The number of Topliss-reactive ketones (excluding diaryl/α,β-unsaturated/α-hetero) is 1. The summed E-state index contributed by atoms with van der Waals surface area (Å²) in [5, 5.41) is 11.2. The first-order chi connectivity index (χ1) is 17.0. The third kappa shape index (κ3) is 6.80. The summed E-state index contributed by atoms with van der Waals surface area (Å²) in [4.78, 5) is 23.3. The van der Waals surface area contributed by atoms with Crippen LogP contribution < -0.4 is 14.6 Å². The Labute approximate surface area is 212 Å². The van der Waals surface area contributed by atoms with E-state index in [1.54, 1.807) is 50.2 Å². The standard InChI is InChI=1S/C28H31NO6S/c1-18(2)26(28(31)32)29-36(33,34)25-15-11-22(12-16-25)21-7-5-20(6-8-21)17-35-24-13-9-23(10-14-24)27(30)19(3)4/h5-16,18-19,26,29H,17H2,1-4H3,(H,31,32)/p-1/t26-/m1/s1. The zero-order chi connectivity index (χ0) is 26.5. The number of carboxylic acid groups (broad SMARTS) is 1. The Bertz CT molecular complexity index is 1300. The van der Waals surface area contributed by atoms with Crippen LogP contribution in [0.3, 0.4) is 0 Å². The minimum absolute atomic E-state index is 0.0238. The minimum atomic E-state index is -4.01. The summed E-state index contributed by atoms with van der Waals surface area (Å²) >= 11 is 0. The number of nitrogens with one attached hydrogen (secondary N) is 1. The highest BCUT2D eigenvalue weighted by Crippen LogP contribution is 2.23. The third-order valence-electron chi connectivity index (χ3n) is 5.72. The van der Waals surface area contributed by atoms with Crippen LogP contribution in [0.4, 0.5) is 0 Å². The Kier molecular flexibility index (Phi) is 8.66. The van der Waals surface area contributed by atoms with Crippen LogP contribution in [0.5, 0.6) is 5.75 Å². The zero-order valence-corrected chi connectivity index (χ0v) is 21.5. The first kappa shape index (κ1) is 27.1. The molecule has 0 aliphatic carbocycles. The molecule has 0 saturated heterocycles. The summed E-state index contributed by atoms with van der Waals surface area (Å²) < 4.78 is 33.2. The van der Waals surface area contributed by atoms with Crippen LogP contribution in [0.1, 0.15) is 43.6 Å². The highest BCUT2D eigenvalue weighted by atomic mass is 32.2. The fourth-order valence-electron chi connectivity index (χ4n) is 3.53. The highest BCUT2D eigenvalue weighted by Gasteiger charge is 2.23. The first-order valence-corrected chi connectivity index (χ1v) is 13.2. The molecule has 0 bridgehead atoms. The van der Waals surface area contributed by atoms with E-state index in [0.717, 1.165) is 16.7 Å².